The summed E-state index contributed by atoms with van der Waals surface area (Å²) >= 11 is 0. The van der Waals surface area contributed by atoms with Crippen LogP contribution in [0.4, 0.5) is 10.6 Å². The number of piperazine rings is 1. The molecule has 11 heteroatoms. The number of carbonyl (C=O) groups is 2. The van der Waals surface area contributed by atoms with Crippen LogP contribution in [0.5, 0.6) is 0 Å². The molecule has 5 N–H and O–H groups in total. The second-order valence-corrected chi connectivity index (χ2v) is 11.0. The third-order valence-electron chi connectivity index (χ3n) is 7.30. The minimum absolute atomic E-state index is 0.141. The molecule has 1 aromatic heterocycles. The fourth-order valence-electron chi connectivity index (χ4n) is 5.01. The maximum Gasteiger partial charge on any atom is 0.354 e. The van der Waals surface area contributed by atoms with Gasteiger partial charge in [0.2, 0.25) is 5.91 Å². The predicted octanol–water partition coefficient (Wildman–Crippen LogP) is 1.21. The van der Waals surface area contributed by atoms with E-state index < -0.39 is 11.2 Å². The zero-order valence-electron chi connectivity index (χ0n) is 22.6. The normalized spacial score (nSPS) is 19.8. The Hall–Kier alpha value is -3.28. The van der Waals surface area contributed by atoms with Crippen molar-refractivity contribution in [1.29, 1.82) is 0 Å². The molecule has 0 unspecified atom stereocenters. The van der Waals surface area contributed by atoms with E-state index in [-0.39, 0.29) is 17.8 Å². The van der Waals surface area contributed by atoms with Crippen molar-refractivity contribution < 1.29 is 9.59 Å². The largest absolute Gasteiger partial charge is 0.354 e. The lowest BCUT2D eigenvalue weighted by molar-refractivity contribution is -0.137. The quantitative estimate of drug-likeness (QED) is 0.471. The van der Waals surface area contributed by atoms with Crippen LogP contribution in [-0.2, 0) is 11.3 Å². The van der Waals surface area contributed by atoms with Crippen molar-refractivity contribution in [3.8, 4) is 5.69 Å². The Morgan fingerprint density at radius 3 is 2.26 bits per heavy atom. The number of hydrogen-bond donors (Lipinski definition) is 3. The lowest BCUT2D eigenvalue weighted by Gasteiger charge is -2.37. The van der Waals surface area contributed by atoms with E-state index >= 15 is 0 Å². The number of nitrogens with one attached hydrogen (secondary N) is 1. The van der Waals surface area contributed by atoms with Crippen molar-refractivity contribution in [2.45, 2.75) is 51.7 Å². The highest BCUT2D eigenvalue weighted by Crippen LogP contribution is 2.27. The summed E-state index contributed by atoms with van der Waals surface area (Å²) in [7, 11) is 0. The zero-order valence-corrected chi connectivity index (χ0v) is 22.6. The molecule has 2 heterocycles. The second-order valence-electron chi connectivity index (χ2n) is 11.0. The summed E-state index contributed by atoms with van der Waals surface area (Å²) in [5.74, 6) is 0.728. The summed E-state index contributed by atoms with van der Waals surface area (Å²) < 4.78 is 1.45. The summed E-state index contributed by atoms with van der Waals surface area (Å²) in [5, 5.41) is 2.69. The third-order valence-corrected chi connectivity index (χ3v) is 7.30. The fourth-order valence-corrected chi connectivity index (χ4v) is 5.01. The number of nitrogens with zero attached hydrogens (tertiary/aromatic N) is 5. The van der Waals surface area contributed by atoms with Gasteiger partial charge < -0.3 is 21.3 Å². The van der Waals surface area contributed by atoms with Crippen molar-refractivity contribution in [2.75, 3.05) is 44.6 Å². The summed E-state index contributed by atoms with van der Waals surface area (Å²) in [6, 6.07) is 9.49. The number of anilines is 1. The maximum atomic E-state index is 12.7. The smallest absolute Gasteiger partial charge is 0.338 e. The molecule has 4 rings (SSSR count). The van der Waals surface area contributed by atoms with Crippen LogP contribution in [0, 0.1) is 5.92 Å². The van der Waals surface area contributed by atoms with Crippen LogP contribution in [0.1, 0.15) is 39.2 Å². The minimum Gasteiger partial charge on any atom is -0.338 e. The third kappa shape index (κ3) is 6.77. The van der Waals surface area contributed by atoms with Gasteiger partial charge in [-0.3, -0.25) is 19.6 Å². The Bertz CT molecular complexity index is 1180. The highest BCUT2D eigenvalue weighted by atomic mass is 16.2. The number of amides is 3. The average molecular weight is 525 g/mol. The van der Waals surface area contributed by atoms with E-state index in [1.807, 2.05) is 24.3 Å². The lowest BCUT2D eigenvalue weighted by atomic mass is 9.80. The van der Waals surface area contributed by atoms with Crippen LogP contribution >= 0.6 is 0 Å². The number of rotatable bonds is 8. The molecule has 1 aliphatic heterocycles. The Kier molecular flexibility index (Phi) is 8.49. The molecule has 1 aliphatic carbocycles. The van der Waals surface area contributed by atoms with Gasteiger partial charge in [-0.25, -0.2) is 9.59 Å². The summed E-state index contributed by atoms with van der Waals surface area (Å²) in [6.07, 6.45) is 3.82. The van der Waals surface area contributed by atoms with Crippen molar-refractivity contribution >= 4 is 17.8 Å². The number of urea groups is 1. The van der Waals surface area contributed by atoms with Crippen molar-refractivity contribution in [1.82, 2.24) is 24.3 Å². The Labute approximate surface area is 223 Å². The van der Waals surface area contributed by atoms with Gasteiger partial charge in [-0.2, -0.15) is 4.98 Å². The molecule has 0 radical (unpaired) electrons. The fraction of sp³-hybridized carbons (Fsp3) is 0.556. The van der Waals surface area contributed by atoms with Gasteiger partial charge in [-0.1, -0.05) is 19.1 Å². The Morgan fingerprint density at radius 2 is 1.71 bits per heavy atom. The van der Waals surface area contributed by atoms with Crippen molar-refractivity contribution in [3.05, 3.63) is 52.6 Å². The summed E-state index contributed by atoms with van der Waals surface area (Å²) in [6.45, 7) is 9.96. The molecule has 3 amide bonds. The second kappa shape index (κ2) is 11.6. The van der Waals surface area contributed by atoms with E-state index in [9.17, 15) is 14.4 Å². The number of carbonyl (C=O) groups excluding carboxylic acids is 2. The van der Waals surface area contributed by atoms with Gasteiger partial charge in [0, 0.05) is 51.5 Å². The minimum atomic E-state index is -0.945. The SMILES string of the molecule is CCN(Cc1ccc(-n2ccc(NC(=O)N3CCN(C(=O)C(C)(C)N)CC3)nc2=O)cc1)C[C@H]1C[C@@H](N)C1. The highest BCUT2D eigenvalue weighted by Gasteiger charge is 2.31. The first-order chi connectivity index (χ1) is 18.0. The molecular weight excluding hydrogens is 484 g/mol. The molecule has 206 valence electrons. The van der Waals surface area contributed by atoms with Crippen LogP contribution in [0.25, 0.3) is 5.69 Å². The Morgan fingerprint density at radius 1 is 1.08 bits per heavy atom. The molecule has 1 saturated carbocycles. The molecule has 1 saturated heterocycles. The van der Waals surface area contributed by atoms with E-state index in [0.717, 1.165) is 32.5 Å². The average Bonchev–Trinajstić information content (AvgIpc) is 2.87. The van der Waals surface area contributed by atoms with E-state index in [1.165, 1.54) is 10.1 Å². The van der Waals surface area contributed by atoms with Gasteiger partial charge in [-0.15, -0.1) is 0 Å². The van der Waals surface area contributed by atoms with Gasteiger partial charge in [-0.05, 0) is 62.9 Å². The van der Waals surface area contributed by atoms with E-state index in [1.54, 1.807) is 35.9 Å². The summed E-state index contributed by atoms with van der Waals surface area (Å²) in [5.41, 5.74) is 12.3. The van der Waals surface area contributed by atoms with Gasteiger partial charge in [0.25, 0.3) is 0 Å². The zero-order chi connectivity index (χ0) is 27.4. The first kappa shape index (κ1) is 27.7. The van der Waals surface area contributed by atoms with Gasteiger partial charge in [0.05, 0.1) is 11.2 Å². The molecule has 0 bridgehead atoms. The molecular formula is C27H40N8O3. The predicted molar refractivity (Wildman–Crippen MR) is 147 cm³/mol. The molecule has 2 aromatic rings. The number of hydrogen-bond acceptors (Lipinski definition) is 7. The van der Waals surface area contributed by atoms with Gasteiger partial charge in [0.1, 0.15) is 5.82 Å². The van der Waals surface area contributed by atoms with Gasteiger partial charge in [0.15, 0.2) is 0 Å². The van der Waals surface area contributed by atoms with Crippen LogP contribution in [0.15, 0.2) is 41.3 Å². The molecule has 38 heavy (non-hydrogen) atoms. The number of nitrogens with two attached hydrogens (primary N) is 2. The Balaban J connectivity index is 1.31. The molecule has 0 atom stereocenters. The summed E-state index contributed by atoms with van der Waals surface area (Å²) in [4.78, 5) is 47.5. The monoisotopic (exact) mass is 524 g/mol. The molecule has 1 aromatic carbocycles. The van der Waals surface area contributed by atoms with Crippen LogP contribution in [-0.4, -0.2) is 87.0 Å². The maximum absolute atomic E-state index is 12.7. The van der Waals surface area contributed by atoms with Crippen LogP contribution in [0.3, 0.4) is 0 Å². The first-order valence-electron chi connectivity index (χ1n) is 13.3. The molecule has 11 nitrogen and oxygen atoms in total. The molecule has 0 spiro atoms. The first-order valence-corrected chi connectivity index (χ1v) is 13.3. The molecule has 2 fully saturated rings. The standard InChI is InChI=1S/C27H40N8O3/c1-4-32(18-20-15-21(28)16-20)17-19-5-7-22(8-6-19)35-10-9-23(31-26(35)38)30-25(37)34-13-11-33(12-14-34)24(36)27(2,3)29/h5-10,20-21H,4,11-18,28-29H2,1-3H3,(H,30,31,37,38)/t20-,21+. The number of aromatic nitrogens is 2. The topological polar surface area (TPSA) is 143 Å². The lowest BCUT2D eigenvalue weighted by Crippen LogP contribution is -2.58. The van der Waals surface area contributed by atoms with E-state index in [0.29, 0.717) is 43.8 Å². The molecule has 2 aliphatic rings. The van der Waals surface area contributed by atoms with Crippen LogP contribution in [0.2, 0.25) is 0 Å². The van der Waals surface area contributed by atoms with E-state index in [4.69, 9.17) is 11.5 Å². The van der Waals surface area contributed by atoms with Gasteiger partial charge >= 0.3 is 11.7 Å². The van der Waals surface area contributed by atoms with Crippen LogP contribution < -0.4 is 22.5 Å². The number of benzene rings is 1. The highest BCUT2D eigenvalue weighted by molar-refractivity contribution is 5.89. The van der Waals surface area contributed by atoms with Crippen molar-refractivity contribution in [2.24, 2.45) is 17.4 Å². The van der Waals surface area contributed by atoms with E-state index in [2.05, 4.69) is 22.1 Å². The van der Waals surface area contributed by atoms with Crippen molar-refractivity contribution in [3.63, 3.8) is 0 Å².